The zero-order valence-corrected chi connectivity index (χ0v) is 9.44. The number of aliphatic hydroxyl groups excluding tert-OH is 1. The highest BCUT2D eigenvalue weighted by atomic mass is 32.2. The molecule has 6 heteroatoms. The summed E-state index contributed by atoms with van der Waals surface area (Å²) < 4.78 is 0. The quantitative estimate of drug-likeness (QED) is 0.654. The maximum absolute atomic E-state index is 11.9. The summed E-state index contributed by atoms with van der Waals surface area (Å²) in [5.41, 5.74) is -0.223. The Bertz CT molecular complexity index is 368. The Balaban J connectivity index is 1.88. The van der Waals surface area contributed by atoms with Crippen molar-refractivity contribution >= 4 is 23.6 Å². The van der Waals surface area contributed by atoms with E-state index in [1.807, 2.05) is 0 Å². The van der Waals surface area contributed by atoms with Gasteiger partial charge in [0.25, 0.3) is 0 Å². The smallest absolute Gasteiger partial charge is 0.326 e. The van der Waals surface area contributed by atoms with Crippen molar-refractivity contribution in [3.05, 3.63) is 0 Å². The normalized spacial score (nSPS) is 39.2. The molecule has 0 aromatic rings. The summed E-state index contributed by atoms with van der Waals surface area (Å²) in [7, 11) is 0. The fourth-order valence-corrected chi connectivity index (χ4v) is 4.54. The number of hydrogen-bond donors (Lipinski definition) is 2. The Morgan fingerprint density at radius 3 is 2.75 bits per heavy atom. The second kappa shape index (κ2) is 3.13. The fraction of sp³-hybridized carbons (Fsp3) is 0.800. The topological polar surface area (TPSA) is 77.8 Å². The summed E-state index contributed by atoms with van der Waals surface area (Å²) in [6.45, 7) is -0.173. The highest BCUT2D eigenvalue weighted by Gasteiger charge is 2.71. The van der Waals surface area contributed by atoms with Crippen molar-refractivity contribution in [2.45, 2.75) is 24.3 Å². The maximum atomic E-state index is 11.9. The molecule has 3 rings (SSSR count). The van der Waals surface area contributed by atoms with E-state index in [4.69, 9.17) is 10.2 Å². The summed E-state index contributed by atoms with van der Waals surface area (Å²) in [5.74, 6) is -0.716. The monoisotopic (exact) mass is 243 g/mol. The molecule has 0 bridgehead atoms. The van der Waals surface area contributed by atoms with Gasteiger partial charge < -0.3 is 15.1 Å². The first-order valence-electron chi connectivity index (χ1n) is 5.40. The van der Waals surface area contributed by atoms with Crippen molar-refractivity contribution in [2.24, 2.45) is 11.3 Å². The van der Waals surface area contributed by atoms with Gasteiger partial charge in [-0.05, 0) is 12.8 Å². The molecule has 1 spiro atoms. The third kappa shape index (κ3) is 1.06. The Morgan fingerprint density at radius 2 is 2.25 bits per heavy atom. The summed E-state index contributed by atoms with van der Waals surface area (Å²) >= 11 is 1.62. The Kier molecular flexibility index (Phi) is 2.04. The maximum Gasteiger partial charge on any atom is 0.326 e. The van der Waals surface area contributed by atoms with Crippen molar-refractivity contribution in [2.75, 3.05) is 12.4 Å². The number of β-lactam (4-membered cyclic amide) rings is 1. The molecular weight excluding hydrogens is 230 g/mol. The molecule has 5 nitrogen and oxygen atoms in total. The molecule has 3 unspecified atom stereocenters. The van der Waals surface area contributed by atoms with Crippen molar-refractivity contribution < 1.29 is 19.8 Å². The summed E-state index contributed by atoms with van der Waals surface area (Å²) in [4.78, 5) is 24.6. The molecule has 0 radical (unpaired) electrons. The number of aliphatic hydroxyl groups is 1. The molecule has 88 valence electrons. The number of nitrogens with zero attached hydrogens (tertiary/aromatic N) is 1. The van der Waals surface area contributed by atoms with Gasteiger partial charge in [0.2, 0.25) is 5.91 Å². The molecule has 2 aliphatic heterocycles. The second-order valence-corrected chi connectivity index (χ2v) is 5.89. The van der Waals surface area contributed by atoms with Crippen molar-refractivity contribution in [3.8, 4) is 0 Å². The first-order valence-corrected chi connectivity index (χ1v) is 6.45. The van der Waals surface area contributed by atoms with Crippen LogP contribution in [0.1, 0.15) is 12.8 Å². The van der Waals surface area contributed by atoms with Gasteiger partial charge in [-0.15, -0.1) is 11.8 Å². The van der Waals surface area contributed by atoms with Gasteiger partial charge in [0, 0.05) is 18.3 Å². The molecule has 0 aromatic heterocycles. The number of rotatable bonds is 2. The molecule has 1 amide bonds. The number of amides is 1. The van der Waals surface area contributed by atoms with Crippen LogP contribution in [0.25, 0.3) is 0 Å². The lowest BCUT2D eigenvalue weighted by Gasteiger charge is -2.55. The molecule has 3 fully saturated rings. The van der Waals surface area contributed by atoms with Gasteiger partial charge in [0.05, 0.1) is 10.8 Å². The average Bonchev–Trinajstić information content (AvgIpc) is 3.08. The van der Waals surface area contributed by atoms with Crippen LogP contribution in [0.2, 0.25) is 0 Å². The largest absolute Gasteiger partial charge is 0.480 e. The third-order valence-electron chi connectivity index (χ3n) is 3.88. The van der Waals surface area contributed by atoms with Crippen LogP contribution in [-0.4, -0.2) is 50.8 Å². The Labute approximate surface area is 96.8 Å². The van der Waals surface area contributed by atoms with Crippen LogP contribution < -0.4 is 0 Å². The standard InChI is InChI=1S/C10H13NO4S/c12-3-5-4-16-9-10(1-2-10)8(15)11(9)6(5)7(13)14/h5-6,9,12H,1-4H2,(H,13,14). The van der Waals surface area contributed by atoms with Crippen LogP contribution in [0.4, 0.5) is 0 Å². The number of carboxylic acid groups (broad SMARTS) is 1. The molecule has 0 aromatic carbocycles. The van der Waals surface area contributed by atoms with Gasteiger partial charge in [-0.2, -0.15) is 0 Å². The molecule has 2 heterocycles. The first-order chi connectivity index (χ1) is 7.62. The van der Waals surface area contributed by atoms with Gasteiger partial charge >= 0.3 is 5.97 Å². The van der Waals surface area contributed by atoms with Gasteiger partial charge in [-0.3, -0.25) is 4.79 Å². The van der Waals surface area contributed by atoms with Crippen LogP contribution in [0.5, 0.6) is 0 Å². The molecule has 16 heavy (non-hydrogen) atoms. The minimum atomic E-state index is -0.992. The molecule has 2 N–H and O–H groups in total. The number of carbonyl (C=O) groups excluding carboxylic acids is 1. The van der Waals surface area contributed by atoms with E-state index in [-0.39, 0.29) is 29.2 Å². The molecular formula is C10H13NO4S. The van der Waals surface area contributed by atoms with E-state index in [1.54, 1.807) is 11.8 Å². The van der Waals surface area contributed by atoms with Gasteiger partial charge in [0.15, 0.2) is 0 Å². The second-order valence-electron chi connectivity index (χ2n) is 4.78. The predicted octanol–water partition coefficient (Wildman–Crippen LogP) is -0.257. The molecule has 3 atom stereocenters. The van der Waals surface area contributed by atoms with Gasteiger partial charge in [-0.1, -0.05) is 0 Å². The lowest BCUT2D eigenvalue weighted by atomic mass is 9.88. The van der Waals surface area contributed by atoms with Gasteiger partial charge in [0.1, 0.15) is 6.04 Å². The zero-order chi connectivity index (χ0) is 11.5. The molecule has 1 aliphatic carbocycles. The lowest BCUT2D eigenvalue weighted by molar-refractivity contribution is -0.171. The first kappa shape index (κ1) is 10.4. The highest BCUT2D eigenvalue weighted by Crippen LogP contribution is 2.64. The fourth-order valence-electron chi connectivity index (χ4n) is 2.78. The molecule has 1 saturated carbocycles. The van der Waals surface area contributed by atoms with Crippen molar-refractivity contribution in [3.63, 3.8) is 0 Å². The van der Waals surface area contributed by atoms with E-state index in [0.717, 1.165) is 12.8 Å². The molecule has 3 aliphatic rings. The summed E-state index contributed by atoms with van der Waals surface area (Å²) in [6.07, 6.45) is 1.80. The van der Waals surface area contributed by atoms with E-state index in [1.165, 1.54) is 4.90 Å². The lowest BCUT2D eigenvalue weighted by Crippen LogP contribution is -2.70. The van der Waals surface area contributed by atoms with E-state index < -0.39 is 12.0 Å². The number of hydrogen-bond acceptors (Lipinski definition) is 4. The van der Waals surface area contributed by atoms with Crippen LogP contribution >= 0.6 is 11.8 Å². The third-order valence-corrected chi connectivity index (χ3v) is 5.49. The summed E-state index contributed by atoms with van der Waals surface area (Å²) in [6, 6.07) is -0.824. The van der Waals surface area contributed by atoms with Crippen LogP contribution in [0, 0.1) is 11.3 Å². The van der Waals surface area contributed by atoms with E-state index >= 15 is 0 Å². The number of thioether (sulfide) groups is 1. The van der Waals surface area contributed by atoms with Crippen LogP contribution in [-0.2, 0) is 9.59 Å². The highest BCUT2D eigenvalue weighted by molar-refractivity contribution is 8.00. The SMILES string of the molecule is O=C(O)C1C(CO)CSC2N1C(=O)C21CC1. The Hall–Kier alpha value is -0.750. The zero-order valence-electron chi connectivity index (χ0n) is 8.63. The minimum absolute atomic E-state index is 0.0180. The number of carboxylic acids is 1. The minimum Gasteiger partial charge on any atom is -0.480 e. The van der Waals surface area contributed by atoms with E-state index in [9.17, 15) is 9.59 Å². The molecule has 2 saturated heterocycles. The average molecular weight is 243 g/mol. The van der Waals surface area contributed by atoms with Crippen LogP contribution in [0.3, 0.4) is 0 Å². The van der Waals surface area contributed by atoms with E-state index in [2.05, 4.69) is 0 Å². The number of fused-ring (bicyclic) bond motifs is 2. The number of carbonyl (C=O) groups is 2. The summed E-state index contributed by atoms with van der Waals surface area (Å²) in [5, 5.41) is 18.4. The van der Waals surface area contributed by atoms with Gasteiger partial charge in [-0.25, -0.2) is 4.79 Å². The Morgan fingerprint density at radius 1 is 1.56 bits per heavy atom. The predicted molar refractivity (Wildman–Crippen MR) is 56.8 cm³/mol. The van der Waals surface area contributed by atoms with Crippen LogP contribution in [0.15, 0.2) is 0 Å². The van der Waals surface area contributed by atoms with Crippen molar-refractivity contribution in [1.29, 1.82) is 0 Å². The van der Waals surface area contributed by atoms with E-state index in [0.29, 0.717) is 5.75 Å². The van der Waals surface area contributed by atoms with Crippen molar-refractivity contribution in [1.82, 2.24) is 4.90 Å². The number of aliphatic carboxylic acids is 1.